The molecule has 1 aromatic heterocycles. The number of hydroxylamine groups is 2. The molecule has 2 aromatic rings. The first-order valence-corrected chi connectivity index (χ1v) is 8.38. The van der Waals surface area contributed by atoms with Crippen LogP contribution < -0.4 is 0 Å². The first-order chi connectivity index (χ1) is 13.7. The minimum Gasteiger partial charge on any atom is -0.465 e. The number of esters is 1. The molecule has 0 bridgehead atoms. The van der Waals surface area contributed by atoms with Crippen molar-refractivity contribution in [2.75, 3.05) is 27.3 Å². The van der Waals surface area contributed by atoms with Gasteiger partial charge < -0.3 is 14.2 Å². The maximum atomic E-state index is 12.5. The van der Waals surface area contributed by atoms with Gasteiger partial charge in [-0.25, -0.2) is 4.79 Å². The highest BCUT2D eigenvalue weighted by Crippen LogP contribution is 2.29. The smallest absolute Gasteiger partial charge is 0.465 e. The first kappa shape index (κ1) is 22.1. The van der Waals surface area contributed by atoms with Gasteiger partial charge in [0.2, 0.25) is 5.82 Å². The topological polar surface area (TPSA) is 98.0 Å². The van der Waals surface area contributed by atoms with Gasteiger partial charge in [0.15, 0.2) is 0 Å². The van der Waals surface area contributed by atoms with Crippen LogP contribution in [0.4, 0.5) is 18.0 Å². The van der Waals surface area contributed by atoms with Crippen molar-refractivity contribution >= 4 is 12.0 Å². The van der Waals surface area contributed by atoms with Crippen molar-refractivity contribution in [2.45, 2.75) is 19.6 Å². The van der Waals surface area contributed by atoms with Crippen LogP contribution in [0.3, 0.4) is 0 Å². The first-order valence-electron chi connectivity index (χ1n) is 8.38. The second-order valence-corrected chi connectivity index (χ2v) is 5.78. The van der Waals surface area contributed by atoms with E-state index >= 15 is 0 Å². The second kappa shape index (κ2) is 9.37. The van der Waals surface area contributed by atoms with Crippen molar-refractivity contribution in [2.24, 2.45) is 0 Å². The Kier molecular flexibility index (Phi) is 7.15. The molecule has 2 rings (SSSR count). The summed E-state index contributed by atoms with van der Waals surface area (Å²) in [6, 6.07) is 5.55. The number of hydrogen-bond acceptors (Lipinski definition) is 7. The van der Waals surface area contributed by atoms with E-state index in [1.165, 1.54) is 26.3 Å². The lowest BCUT2D eigenvalue weighted by Gasteiger charge is -2.25. The summed E-state index contributed by atoms with van der Waals surface area (Å²) in [4.78, 5) is 33.4. The lowest BCUT2D eigenvalue weighted by molar-refractivity contribution is -0.159. The Balaban J connectivity index is 2.04. The third-order valence-electron chi connectivity index (χ3n) is 3.64. The molecule has 0 aliphatic rings. The average molecular weight is 416 g/mol. The van der Waals surface area contributed by atoms with Crippen molar-refractivity contribution in [3.05, 3.63) is 35.7 Å². The minimum atomic E-state index is -4.72. The Morgan fingerprint density at radius 1 is 1.21 bits per heavy atom. The van der Waals surface area contributed by atoms with E-state index in [0.29, 0.717) is 11.1 Å². The number of hydrogen-bond donors (Lipinski definition) is 0. The van der Waals surface area contributed by atoms with Crippen molar-refractivity contribution in [1.29, 1.82) is 0 Å². The molecule has 0 fully saturated rings. The SMILES string of the molecule is CCOC(=O)CN(C)C(=O)N(Cc1ccc(-c2noc(C(F)(F)F)n2)cc1)OC. The van der Waals surface area contributed by atoms with Gasteiger partial charge in [0.1, 0.15) is 6.54 Å². The van der Waals surface area contributed by atoms with Gasteiger partial charge in [0.25, 0.3) is 0 Å². The van der Waals surface area contributed by atoms with Gasteiger partial charge in [-0.15, -0.1) is 0 Å². The molecule has 0 aliphatic heterocycles. The highest BCUT2D eigenvalue weighted by molar-refractivity contribution is 5.80. The molecule has 158 valence electrons. The minimum absolute atomic E-state index is 0.0306. The summed E-state index contributed by atoms with van der Waals surface area (Å²) in [6.45, 7) is 1.64. The van der Waals surface area contributed by atoms with Crippen molar-refractivity contribution in [3.63, 3.8) is 0 Å². The van der Waals surface area contributed by atoms with E-state index in [-0.39, 0.29) is 25.5 Å². The van der Waals surface area contributed by atoms with Crippen molar-refractivity contribution in [3.8, 4) is 11.4 Å². The van der Waals surface area contributed by atoms with E-state index in [4.69, 9.17) is 9.57 Å². The summed E-state index contributed by atoms with van der Waals surface area (Å²) in [5, 5.41) is 4.33. The summed E-state index contributed by atoms with van der Waals surface area (Å²) in [5.74, 6) is -2.20. The van der Waals surface area contributed by atoms with E-state index < -0.39 is 24.1 Å². The van der Waals surface area contributed by atoms with Gasteiger partial charge >= 0.3 is 24.1 Å². The number of urea groups is 1. The van der Waals surface area contributed by atoms with Crippen LogP contribution in [0.25, 0.3) is 11.4 Å². The maximum absolute atomic E-state index is 12.5. The average Bonchev–Trinajstić information content (AvgIpc) is 3.17. The largest absolute Gasteiger partial charge is 0.471 e. The molecular formula is C17H19F3N4O5. The number of likely N-dealkylation sites (N-methyl/N-ethyl adjacent to an activating group) is 1. The Morgan fingerprint density at radius 3 is 2.38 bits per heavy atom. The van der Waals surface area contributed by atoms with Gasteiger partial charge in [0, 0.05) is 12.6 Å². The van der Waals surface area contributed by atoms with Crippen LogP contribution in [-0.4, -0.2) is 59.4 Å². The van der Waals surface area contributed by atoms with E-state index in [2.05, 4.69) is 14.7 Å². The summed E-state index contributed by atoms with van der Waals surface area (Å²) in [6.07, 6.45) is -4.72. The number of nitrogens with zero attached hydrogens (tertiary/aromatic N) is 4. The number of aromatic nitrogens is 2. The summed E-state index contributed by atoms with van der Waals surface area (Å²) in [5.41, 5.74) is 0.927. The molecule has 0 saturated carbocycles. The van der Waals surface area contributed by atoms with Crippen LogP contribution in [0.15, 0.2) is 28.8 Å². The van der Waals surface area contributed by atoms with Crippen LogP contribution in [0.5, 0.6) is 0 Å². The highest BCUT2D eigenvalue weighted by atomic mass is 19.4. The number of carbonyl (C=O) groups excluding carboxylic acids is 2. The standard InChI is InChI=1S/C17H19F3N4O5/c1-4-28-13(25)10-23(2)16(26)24(27-3)9-11-5-7-12(8-6-11)14-21-15(29-22-14)17(18,19)20/h5-8H,4,9-10H2,1-3H3. The van der Waals surface area contributed by atoms with Crippen molar-refractivity contribution < 1.29 is 36.9 Å². The molecule has 0 saturated heterocycles. The number of carbonyl (C=O) groups is 2. The fourth-order valence-corrected chi connectivity index (χ4v) is 2.25. The lowest BCUT2D eigenvalue weighted by atomic mass is 10.1. The number of halogens is 3. The van der Waals surface area contributed by atoms with Crippen LogP contribution in [0.2, 0.25) is 0 Å². The highest BCUT2D eigenvalue weighted by Gasteiger charge is 2.38. The van der Waals surface area contributed by atoms with Crippen LogP contribution in [-0.2, 0) is 27.1 Å². The number of benzene rings is 1. The number of alkyl halides is 3. The molecular weight excluding hydrogens is 397 g/mol. The van der Waals surface area contributed by atoms with Crippen LogP contribution >= 0.6 is 0 Å². The molecule has 9 nitrogen and oxygen atoms in total. The maximum Gasteiger partial charge on any atom is 0.471 e. The lowest BCUT2D eigenvalue weighted by Crippen LogP contribution is -2.42. The van der Waals surface area contributed by atoms with Gasteiger partial charge in [-0.05, 0) is 12.5 Å². The Hall–Kier alpha value is -3.15. The quantitative estimate of drug-likeness (QED) is 0.506. The zero-order valence-corrected chi connectivity index (χ0v) is 15.9. The number of amides is 2. The van der Waals surface area contributed by atoms with E-state index in [1.807, 2.05) is 0 Å². The molecule has 12 heteroatoms. The molecule has 0 spiro atoms. The Bertz CT molecular complexity index is 838. The summed E-state index contributed by atoms with van der Waals surface area (Å²) < 4.78 is 46.6. The number of rotatable bonds is 7. The molecule has 0 aliphatic carbocycles. The number of ether oxygens (including phenoxy) is 1. The molecule has 0 atom stereocenters. The van der Waals surface area contributed by atoms with Gasteiger partial charge in [-0.1, -0.05) is 29.4 Å². The Morgan fingerprint density at radius 2 is 1.86 bits per heavy atom. The van der Waals surface area contributed by atoms with E-state index in [0.717, 1.165) is 9.96 Å². The van der Waals surface area contributed by atoms with Crippen LogP contribution in [0, 0.1) is 0 Å². The monoisotopic (exact) mass is 416 g/mol. The van der Waals surface area contributed by atoms with Crippen LogP contribution in [0.1, 0.15) is 18.4 Å². The zero-order chi connectivity index (χ0) is 21.6. The molecule has 1 heterocycles. The fraction of sp³-hybridized carbons (Fsp3) is 0.412. The third-order valence-corrected chi connectivity index (χ3v) is 3.64. The van der Waals surface area contributed by atoms with Crippen molar-refractivity contribution in [1.82, 2.24) is 20.1 Å². The molecule has 29 heavy (non-hydrogen) atoms. The van der Waals surface area contributed by atoms with Gasteiger partial charge in [-0.2, -0.15) is 23.2 Å². The zero-order valence-electron chi connectivity index (χ0n) is 15.9. The predicted molar refractivity (Wildman–Crippen MR) is 91.9 cm³/mol. The van der Waals surface area contributed by atoms with Gasteiger partial charge in [-0.3, -0.25) is 9.63 Å². The van der Waals surface area contributed by atoms with E-state index in [1.54, 1.807) is 19.1 Å². The normalized spacial score (nSPS) is 11.2. The molecule has 1 aromatic carbocycles. The molecule has 0 N–H and O–H groups in total. The summed E-state index contributed by atoms with van der Waals surface area (Å²) in [7, 11) is 2.71. The third kappa shape index (κ3) is 5.91. The molecule has 0 unspecified atom stereocenters. The molecule has 0 radical (unpaired) electrons. The fourth-order valence-electron chi connectivity index (χ4n) is 2.25. The summed E-state index contributed by atoms with van der Waals surface area (Å²) >= 11 is 0. The predicted octanol–water partition coefficient (Wildman–Crippen LogP) is 2.73. The second-order valence-electron chi connectivity index (χ2n) is 5.78. The van der Waals surface area contributed by atoms with Gasteiger partial charge in [0.05, 0.1) is 20.3 Å². The van der Waals surface area contributed by atoms with E-state index in [9.17, 15) is 22.8 Å². The Labute approximate surface area is 163 Å². The molecule has 2 amide bonds.